The Bertz CT molecular complexity index is 1020. The highest BCUT2D eigenvalue weighted by Gasteiger charge is 2.41. The normalized spacial score (nSPS) is 19.5. The number of nitrogens with zero attached hydrogens (tertiary/aromatic N) is 1. The molecule has 0 heterocycles. The summed E-state index contributed by atoms with van der Waals surface area (Å²) < 4.78 is 5.50. The molecule has 2 aliphatic rings. The van der Waals surface area contributed by atoms with Gasteiger partial charge in [-0.1, -0.05) is 44.2 Å². The maximum Gasteiger partial charge on any atom is 0.338 e. The molecule has 2 aromatic carbocycles. The van der Waals surface area contributed by atoms with Crippen LogP contribution in [0.4, 0.5) is 0 Å². The lowest BCUT2D eigenvalue weighted by molar-refractivity contribution is -0.136. The first kappa shape index (κ1) is 22.5. The first-order valence-electron chi connectivity index (χ1n) is 11.6. The maximum atomic E-state index is 13.1. The molecule has 2 aromatic rings. The van der Waals surface area contributed by atoms with Gasteiger partial charge in [0.1, 0.15) is 0 Å². The quantitative estimate of drug-likeness (QED) is 0.593. The van der Waals surface area contributed by atoms with Crippen molar-refractivity contribution in [2.24, 2.45) is 0 Å². The molecule has 1 saturated carbocycles. The maximum absolute atomic E-state index is 13.1. The fourth-order valence-electron chi connectivity index (χ4n) is 5.03. The Morgan fingerprint density at radius 1 is 1.09 bits per heavy atom. The number of ether oxygens (including phenoxy) is 1. The van der Waals surface area contributed by atoms with Gasteiger partial charge in [0, 0.05) is 12.1 Å². The van der Waals surface area contributed by atoms with Gasteiger partial charge in [-0.05, 0) is 79.0 Å². The molecular formula is C27H33NO4. The highest BCUT2D eigenvalue weighted by atomic mass is 16.5. The Morgan fingerprint density at radius 3 is 2.38 bits per heavy atom. The first-order valence-corrected chi connectivity index (χ1v) is 11.6. The minimum Gasteiger partial charge on any atom is -0.481 e. The minimum absolute atomic E-state index is 0.000750. The average molecular weight is 436 g/mol. The molecule has 32 heavy (non-hydrogen) atoms. The van der Waals surface area contributed by atoms with Crippen molar-refractivity contribution in [2.75, 3.05) is 13.7 Å². The Hall–Kier alpha value is -2.66. The zero-order valence-electron chi connectivity index (χ0n) is 19.5. The molecule has 1 atom stereocenters. The van der Waals surface area contributed by atoms with Crippen LogP contribution in [0.15, 0.2) is 36.4 Å². The molecule has 170 valence electrons. The molecule has 2 aliphatic carbocycles. The van der Waals surface area contributed by atoms with Crippen molar-refractivity contribution in [3.05, 3.63) is 58.7 Å². The van der Waals surface area contributed by atoms with E-state index in [4.69, 9.17) is 9.84 Å². The van der Waals surface area contributed by atoms with Crippen molar-refractivity contribution in [1.82, 2.24) is 4.90 Å². The average Bonchev–Trinajstić information content (AvgIpc) is 3.59. The SMILES string of the molecule is CCOC(=O)c1cc(-c2ccc(CC(=O)O)cc2)cc2c1C(N(C)C1CC1)CCC2(C)C. The van der Waals surface area contributed by atoms with Gasteiger partial charge in [0.2, 0.25) is 0 Å². The van der Waals surface area contributed by atoms with Gasteiger partial charge in [-0.2, -0.15) is 0 Å². The summed E-state index contributed by atoms with van der Waals surface area (Å²) in [6.45, 7) is 6.70. The van der Waals surface area contributed by atoms with E-state index in [1.807, 2.05) is 37.3 Å². The molecule has 5 nitrogen and oxygen atoms in total. The number of carboxylic acids is 1. The van der Waals surface area contributed by atoms with Crippen LogP contribution in [0.3, 0.4) is 0 Å². The second kappa shape index (κ2) is 8.70. The van der Waals surface area contributed by atoms with Gasteiger partial charge in [-0.25, -0.2) is 4.79 Å². The van der Waals surface area contributed by atoms with E-state index in [1.165, 1.54) is 18.4 Å². The second-order valence-corrected chi connectivity index (χ2v) is 9.81. The molecule has 1 unspecified atom stereocenters. The fraction of sp³-hybridized carbons (Fsp3) is 0.481. The third-order valence-corrected chi connectivity index (χ3v) is 7.04. The predicted octanol–water partition coefficient (Wildman–Crippen LogP) is 5.36. The van der Waals surface area contributed by atoms with E-state index in [0.717, 1.165) is 35.1 Å². The number of esters is 1. The van der Waals surface area contributed by atoms with Crippen molar-refractivity contribution < 1.29 is 19.4 Å². The number of carboxylic acid groups (broad SMARTS) is 1. The number of aliphatic carboxylic acids is 1. The molecular weight excluding hydrogens is 402 g/mol. The summed E-state index contributed by atoms with van der Waals surface area (Å²) >= 11 is 0. The van der Waals surface area contributed by atoms with E-state index in [2.05, 4.69) is 31.9 Å². The zero-order valence-corrected chi connectivity index (χ0v) is 19.5. The summed E-state index contributed by atoms with van der Waals surface area (Å²) in [5.74, 6) is -1.11. The molecule has 0 radical (unpaired) electrons. The first-order chi connectivity index (χ1) is 15.2. The van der Waals surface area contributed by atoms with Crippen LogP contribution in [0.5, 0.6) is 0 Å². The van der Waals surface area contributed by atoms with Gasteiger partial charge in [0.15, 0.2) is 0 Å². The summed E-state index contributed by atoms with van der Waals surface area (Å²) in [7, 11) is 2.19. The molecule has 5 heteroatoms. The third kappa shape index (κ3) is 4.44. The molecule has 0 bridgehead atoms. The number of hydrogen-bond donors (Lipinski definition) is 1. The number of fused-ring (bicyclic) bond motifs is 1. The predicted molar refractivity (Wildman–Crippen MR) is 125 cm³/mol. The monoisotopic (exact) mass is 435 g/mol. The van der Waals surface area contributed by atoms with Crippen molar-refractivity contribution in [3.8, 4) is 11.1 Å². The third-order valence-electron chi connectivity index (χ3n) is 7.04. The Labute approximate surface area is 190 Å². The number of benzene rings is 2. The van der Waals surface area contributed by atoms with Crippen LogP contribution < -0.4 is 0 Å². The second-order valence-electron chi connectivity index (χ2n) is 9.81. The van der Waals surface area contributed by atoms with Crippen LogP contribution in [0.25, 0.3) is 11.1 Å². The number of carbonyl (C=O) groups excluding carboxylic acids is 1. The number of carbonyl (C=O) groups is 2. The molecule has 0 aliphatic heterocycles. The molecule has 0 amide bonds. The summed E-state index contributed by atoms with van der Waals surface area (Å²) in [5.41, 5.74) is 5.67. The summed E-state index contributed by atoms with van der Waals surface area (Å²) in [6, 6.07) is 12.6. The van der Waals surface area contributed by atoms with Gasteiger partial charge in [0.25, 0.3) is 0 Å². The van der Waals surface area contributed by atoms with Crippen molar-refractivity contribution in [3.63, 3.8) is 0 Å². The van der Waals surface area contributed by atoms with Crippen LogP contribution in [-0.2, 0) is 21.4 Å². The highest BCUT2D eigenvalue weighted by molar-refractivity contribution is 5.94. The van der Waals surface area contributed by atoms with Gasteiger partial charge >= 0.3 is 11.9 Å². The van der Waals surface area contributed by atoms with Crippen molar-refractivity contribution in [2.45, 2.75) is 70.4 Å². The van der Waals surface area contributed by atoms with Crippen LogP contribution in [0.2, 0.25) is 0 Å². The molecule has 0 saturated heterocycles. The Balaban J connectivity index is 1.84. The van der Waals surface area contributed by atoms with E-state index in [1.54, 1.807) is 0 Å². The van der Waals surface area contributed by atoms with Gasteiger partial charge in [0.05, 0.1) is 18.6 Å². The topological polar surface area (TPSA) is 66.8 Å². The molecule has 0 aromatic heterocycles. The van der Waals surface area contributed by atoms with Crippen LogP contribution in [0.1, 0.15) is 79.5 Å². The lowest BCUT2D eigenvalue weighted by atomic mass is 9.68. The van der Waals surface area contributed by atoms with Crippen LogP contribution >= 0.6 is 0 Å². The van der Waals surface area contributed by atoms with E-state index in [9.17, 15) is 9.59 Å². The van der Waals surface area contributed by atoms with Crippen molar-refractivity contribution in [1.29, 1.82) is 0 Å². The van der Waals surface area contributed by atoms with Gasteiger partial charge in [-0.3, -0.25) is 9.69 Å². The van der Waals surface area contributed by atoms with E-state index in [-0.39, 0.29) is 23.8 Å². The van der Waals surface area contributed by atoms with Crippen molar-refractivity contribution >= 4 is 11.9 Å². The summed E-state index contributed by atoms with van der Waals surface area (Å²) in [5, 5.41) is 9.05. The highest BCUT2D eigenvalue weighted by Crippen LogP contribution is 2.48. The lowest BCUT2D eigenvalue weighted by Gasteiger charge is -2.42. The van der Waals surface area contributed by atoms with E-state index < -0.39 is 5.97 Å². The zero-order chi connectivity index (χ0) is 23.0. The lowest BCUT2D eigenvalue weighted by Crippen LogP contribution is -2.36. The molecule has 1 N–H and O–H groups in total. The standard InChI is InChI=1S/C27H33NO4/c1-5-32-26(31)21-15-19(18-8-6-17(7-9-18)14-24(29)30)16-22-25(21)23(12-13-27(22,2)3)28(4)20-10-11-20/h6-9,15-16,20,23H,5,10-14H2,1-4H3,(H,29,30). The Kier molecular flexibility index (Phi) is 6.13. The smallest absolute Gasteiger partial charge is 0.338 e. The van der Waals surface area contributed by atoms with E-state index in [0.29, 0.717) is 18.2 Å². The van der Waals surface area contributed by atoms with Crippen LogP contribution in [-0.4, -0.2) is 41.6 Å². The van der Waals surface area contributed by atoms with Crippen LogP contribution in [0, 0.1) is 0 Å². The number of hydrogen-bond acceptors (Lipinski definition) is 4. The number of rotatable bonds is 7. The minimum atomic E-state index is -0.844. The molecule has 1 fully saturated rings. The summed E-state index contributed by atoms with van der Waals surface area (Å²) in [4.78, 5) is 26.6. The van der Waals surface area contributed by atoms with E-state index >= 15 is 0 Å². The van der Waals surface area contributed by atoms with Gasteiger partial charge in [-0.15, -0.1) is 0 Å². The largest absolute Gasteiger partial charge is 0.481 e. The van der Waals surface area contributed by atoms with Gasteiger partial charge < -0.3 is 9.84 Å². The fourth-order valence-corrected chi connectivity index (χ4v) is 5.03. The Morgan fingerprint density at radius 2 is 1.78 bits per heavy atom. The molecule has 0 spiro atoms. The molecule has 4 rings (SSSR count). The summed E-state index contributed by atoms with van der Waals surface area (Å²) in [6.07, 6.45) is 4.54.